The summed E-state index contributed by atoms with van der Waals surface area (Å²) in [7, 11) is 0. The van der Waals surface area contributed by atoms with Gasteiger partial charge in [-0.2, -0.15) is 0 Å². The second-order valence-corrected chi connectivity index (χ2v) is 7.26. The highest BCUT2D eigenvalue weighted by Gasteiger charge is 2.19. The second-order valence-electron chi connectivity index (χ2n) is 7.26. The quantitative estimate of drug-likeness (QED) is 0.700. The lowest BCUT2D eigenvalue weighted by molar-refractivity contribution is 0.0724. The topological polar surface area (TPSA) is 62.6 Å². The van der Waals surface area contributed by atoms with Gasteiger partial charge in [-0.3, -0.25) is 9.59 Å². The van der Waals surface area contributed by atoms with Gasteiger partial charge in [0, 0.05) is 30.8 Å². The number of carbonyl (C=O) groups excluding carboxylic acids is 2. The van der Waals surface area contributed by atoms with E-state index in [-0.39, 0.29) is 11.8 Å². The van der Waals surface area contributed by atoms with Gasteiger partial charge in [0.2, 0.25) is 0 Å². The summed E-state index contributed by atoms with van der Waals surface area (Å²) in [6.07, 6.45) is 4.88. The molecule has 1 aliphatic heterocycles. The van der Waals surface area contributed by atoms with E-state index in [9.17, 15) is 9.59 Å². The molecule has 2 aromatic carbocycles. The summed E-state index contributed by atoms with van der Waals surface area (Å²) in [4.78, 5) is 27.1. The molecule has 0 unspecified atom stereocenters. The maximum absolute atomic E-state index is 12.6. The Hall–Kier alpha value is -3.34. The van der Waals surface area contributed by atoms with Crippen molar-refractivity contribution >= 4 is 11.8 Å². The zero-order valence-corrected chi connectivity index (χ0v) is 16.3. The molecule has 0 atom stereocenters. The van der Waals surface area contributed by atoms with Gasteiger partial charge in [0.1, 0.15) is 0 Å². The summed E-state index contributed by atoms with van der Waals surface area (Å²) in [6, 6.07) is 18.9. The largest absolute Gasteiger partial charge is 0.459 e. The van der Waals surface area contributed by atoms with Crippen molar-refractivity contribution in [2.45, 2.75) is 25.8 Å². The summed E-state index contributed by atoms with van der Waals surface area (Å²) in [5.74, 6) is 0.124. The van der Waals surface area contributed by atoms with Crippen LogP contribution in [0, 0.1) is 0 Å². The molecule has 4 rings (SSSR count). The monoisotopic (exact) mass is 388 g/mol. The summed E-state index contributed by atoms with van der Waals surface area (Å²) in [5, 5.41) is 2.90. The van der Waals surface area contributed by atoms with Gasteiger partial charge < -0.3 is 14.6 Å². The average molecular weight is 388 g/mol. The van der Waals surface area contributed by atoms with Gasteiger partial charge in [-0.25, -0.2) is 0 Å². The number of hydrogen-bond donors (Lipinski definition) is 1. The Morgan fingerprint density at radius 1 is 0.897 bits per heavy atom. The van der Waals surface area contributed by atoms with Gasteiger partial charge >= 0.3 is 0 Å². The maximum Gasteiger partial charge on any atom is 0.287 e. The van der Waals surface area contributed by atoms with Crippen molar-refractivity contribution < 1.29 is 14.0 Å². The molecule has 1 aliphatic rings. The van der Waals surface area contributed by atoms with Crippen LogP contribution in [0.1, 0.15) is 45.7 Å². The van der Waals surface area contributed by atoms with Crippen molar-refractivity contribution in [2.24, 2.45) is 0 Å². The van der Waals surface area contributed by atoms with Crippen LogP contribution in [-0.2, 0) is 6.54 Å². The number of piperidine rings is 1. The van der Waals surface area contributed by atoms with Crippen molar-refractivity contribution in [2.75, 3.05) is 13.1 Å². The predicted octanol–water partition coefficient (Wildman–Crippen LogP) is 4.50. The van der Waals surface area contributed by atoms with E-state index in [1.54, 1.807) is 6.07 Å². The van der Waals surface area contributed by atoms with E-state index in [1.807, 2.05) is 59.5 Å². The van der Waals surface area contributed by atoms with Gasteiger partial charge in [-0.05, 0) is 48.6 Å². The Bertz CT molecular complexity index is 971. The molecule has 148 valence electrons. The van der Waals surface area contributed by atoms with Crippen LogP contribution in [0.15, 0.2) is 71.3 Å². The number of nitrogens with zero attached hydrogens (tertiary/aromatic N) is 1. The van der Waals surface area contributed by atoms with Crippen LogP contribution in [0.3, 0.4) is 0 Å². The first kappa shape index (κ1) is 19.0. The molecule has 1 aromatic heterocycles. The molecule has 5 nitrogen and oxygen atoms in total. The molecular formula is C24H24N2O3. The fraction of sp³-hybridized carbons (Fsp3) is 0.250. The first-order valence-corrected chi connectivity index (χ1v) is 10.0. The third kappa shape index (κ3) is 4.40. The van der Waals surface area contributed by atoms with Crippen LogP contribution in [-0.4, -0.2) is 29.8 Å². The average Bonchev–Trinajstić information content (AvgIpc) is 3.29. The summed E-state index contributed by atoms with van der Waals surface area (Å²) in [6.45, 7) is 2.04. The highest BCUT2D eigenvalue weighted by Crippen LogP contribution is 2.24. The fourth-order valence-electron chi connectivity index (χ4n) is 3.64. The first-order valence-electron chi connectivity index (χ1n) is 10.0. The minimum Gasteiger partial charge on any atom is -0.459 e. The molecule has 0 radical (unpaired) electrons. The second kappa shape index (κ2) is 8.78. The lowest BCUT2D eigenvalue weighted by Gasteiger charge is -2.26. The molecule has 5 heteroatoms. The lowest BCUT2D eigenvalue weighted by atomic mass is 10.1. The third-order valence-corrected chi connectivity index (χ3v) is 5.25. The normalized spacial score (nSPS) is 13.9. The standard InChI is InChI=1S/C24H24N2O3/c27-23(22-21(13-16-29-22)19-7-3-1-4-8-19)25-17-18-9-11-20(12-10-18)24(28)26-14-5-2-6-15-26/h1,3-4,7-13,16H,2,5-6,14-15,17H2,(H,25,27). The lowest BCUT2D eigenvalue weighted by Crippen LogP contribution is -2.35. The molecule has 0 spiro atoms. The molecule has 29 heavy (non-hydrogen) atoms. The van der Waals surface area contributed by atoms with Crippen LogP contribution < -0.4 is 5.32 Å². The van der Waals surface area contributed by atoms with Gasteiger partial charge in [0.15, 0.2) is 5.76 Å². The Balaban J connectivity index is 1.38. The number of carbonyl (C=O) groups is 2. The van der Waals surface area contributed by atoms with E-state index in [4.69, 9.17) is 4.42 Å². The molecule has 2 amide bonds. The van der Waals surface area contributed by atoms with E-state index in [0.29, 0.717) is 17.9 Å². The summed E-state index contributed by atoms with van der Waals surface area (Å²) in [5.41, 5.74) is 3.33. The smallest absolute Gasteiger partial charge is 0.287 e. The summed E-state index contributed by atoms with van der Waals surface area (Å²) >= 11 is 0. The van der Waals surface area contributed by atoms with E-state index in [0.717, 1.165) is 42.6 Å². The van der Waals surface area contributed by atoms with Crippen LogP contribution in [0.25, 0.3) is 11.1 Å². The minimum atomic E-state index is -0.262. The zero-order chi connectivity index (χ0) is 20.1. The van der Waals surface area contributed by atoms with E-state index in [1.165, 1.54) is 12.7 Å². The Morgan fingerprint density at radius 3 is 2.34 bits per heavy atom. The number of likely N-dealkylation sites (tertiary alicyclic amines) is 1. The van der Waals surface area contributed by atoms with Crippen LogP contribution in [0.4, 0.5) is 0 Å². The van der Waals surface area contributed by atoms with Crippen molar-refractivity contribution in [1.29, 1.82) is 0 Å². The van der Waals surface area contributed by atoms with Gasteiger partial charge in [0.25, 0.3) is 11.8 Å². The Labute approximate surface area is 170 Å². The number of amides is 2. The van der Waals surface area contributed by atoms with Gasteiger partial charge in [-0.1, -0.05) is 42.5 Å². The van der Waals surface area contributed by atoms with E-state index in [2.05, 4.69) is 5.32 Å². The fourth-order valence-corrected chi connectivity index (χ4v) is 3.64. The highest BCUT2D eigenvalue weighted by atomic mass is 16.3. The van der Waals surface area contributed by atoms with Crippen LogP contribution >= 0.6 is 0 Å². The van der Waals surface area contributed by atoms with Gasteiger partial charge in [0.05, 0.1) is 6.26 Å². The molecule has 3 aromatic rings. The van der Waals surface area contributed by atoms with Crippen LogP contribution in [0.2, 0.25) is 0 Å². The Morgan fingerprint density at radius 2 is 1.62 bits per heavy atom. The zero-order valence-electron chi connectivity index (χ0n) is 16.3. The number of rotatable bonds is 5. The van der Waals surface area contributed by atoms with E-state index < -0.39 is 0 Å². The predicted molar refractivity (Wildman–Crippen MR) is 112 cm³/mol. The molecular weight excluding hydrogens is 364 g/mol. The first-order chi connectivity index (χ1) is 14.2. The Kier molecular flexibility index (Phi) is 5.75. The van der Waals surface area contributed by atoms with Crippen molar-refractivity contribution in [3.05, 3.63) is 83.8 Å². The molecule has 1 N–H and O–H groups in total. The number of hydrogen-bond acceptors (Lipinski definition) is 3. The number of furan rings is 1. The van der Waals surface area contributed by atoms with Gasteiger partial charge in [-0.15, -0.1) is 0 Å². The summed E-state index contributed by atoms with van der Waals surface area (Å²) < 4.78 is 5.42. The maximum atomic E-state index is 12.6. The minimum absolute atomic E-state index is 0.0865. The number of nitrogens with one attached hydrogen (secondary N) is 1. The molecule has 1 saturated heterocycles. The molecule has 0 saturated carbocycles. The van der Waals surface area contributed by atoms with Crippen LogP contribution in [0.5, 0.6) is 0 Å². The molecule has 2 heterocycles. The SMILES string of the molecule is O=C(NCc1ccc(C(=O)N2CCCCC2)cc1)c1occc1-c1ccccc1. The highest BCUT2D eigenvalue weighted by molar-refractivity contribution is 5.98. The molecule has 0 bridgehead atoms. The van der Waals surface area contributed by atoms with Crippen molar-refractivity contribution in [3.63, 3.8) is 0 Å². The van der Waals surface area contributed by atoms with Crippen molar-refractivity contribution in [1.82, 2.24) is 10.2 Å². The van der Waals surface area contributed by atoms with Crippen molar-refractivity contribution in [3.8, 4) is 11.1 Å². The molecule has 1 fully saturated rings. The number of benzene rings is 2. The third-order valence-electron chi connectivity index (χ3n) is 5.25. The molecule has 0 aliphatic carbocycles. The van der Waals surface area contributed by atoms with E-state index >= 15 is 0 Å².